The second kappa shape index (κ2) is 12.3. The average Bonchev–Trinajstić information content (AvgIpc) is 2.81. The Labute approximate surface area is 204 Å². The zero-order valence-electron chi connectivity index (χ0n) is 17.8. The molecule has 0 saturated heterocycles. The van der Waals surface area contributed by atoms with Gasteiger partial charge in [-0.2, -0.15) is 5.26 Å². The second-order valence-electron chi connectivity index (χ2n) is 7.35. The monoisotopic (exact) mass is 528 g/mol. The average molecular weight is 530 g/mol. The van der Waals surface area contributed by atoms with E-state index in [9.17, 15) is 14.6 Å². The van der Waals surface area contributed by atoms with Gasteiger partial charge in [0.1, 0.15) is 11.1 Å². The van der Waals surface area contributed by atoms with Crippen LogP contribution in [-0.2, 0) is 10.8 Å². The molecule has 0 radical (unpaired) electrons. The number of nitriles is 1. The molecule has 7 heteroatoms. The van der Waals surface area contributed by atoms with Crippen LogP contribution in [0.2, 0.25) is 0 Å². The van der Waals surface area contributed by atoms with Crippen LogP contribution in [0.4, 0.5) is 0 Å². The molecule has 0 aliphatic heterocycles. The third-order valence-corrected chi connectivity index (χ3v) is 7.99. The summed E-state index contributed by atoms with van der Waals surface area (Å²) in [6.07, 6.45) is 1.15. The maximum absolute atomic E-state index is 12.1. The van der Waals surface area contributed by atoms with E-state index in [0.29, 0.717) is 22.1 Å². The van der Waals surface area contributed by atoms with E-state index in [0.717, 1.165) is 39.7 Å². The van der Waals surface area contributed by atoms with Crippen LogP contribution in [0.1, 0.15) is 25.3 Å². The summed E-state index contributed by atoms with van der Waals surface area (Å²) in [5.41, 5.74) is 3.94. The fraction of sp³-hybridized carbons (Fsp3) is 0.280. The van der Waals surface area contributed by atoms with Crippen LogP contribution in [0.5, 0.6) is 0 Å². The highest BCUT2D eigenvalue weighted by atomic mass is 79.9. The first-order valence-electron chi connectivity index (χ1n) is 10.4. The van der Waals surface area contributed by atoms with Crippen LogP contribution in [0.15, 0.2) is 70.2 Å². The van der Waals surface area contributed by atoms with Gasteiger partial charge in [0, 0.05) is 37.9 Å². The highest BCUT2D eigenvalue weighted by Gasteiger charge is 2.18. The molecule has 0 fully saturated rings. The fourth-order valence-corrected chi connectivity index (χ4v) is 5.84. The van der Waals surface area contributed by atoms with E-state index in [-0.39, 0.29) is 5.75 Å². The van der Waals surface area contributed by atoms with E-state index in [1.807, 2.05) is 60.7 Å². The highest BCUT2D eigenvalue weighted by Crippen LogP contribution is 2.34. The molecule has 0 unspecified atom stereocenters. The predicted molar refractivity (Wildman–Crippen MR) is 137 cm³/mol. The first kappa shape index (κ1) is 24.7. The first-order chi connectivity index (χ1) is 15.5. The fourth-order valence-electron chi connectivity index (χ4n) is 3.17. The van der Waals surface area contributed by atoms with E-state index in [4.69, 9.17) is 4.98 Å². The summed E-state index contributed by atoms with van der Waals surface area (Å²) < 4.78 is 13.1. The molecule has 32 heavy (non-hydrogen) atoms. The molecule has 166 valence electrons. The predicted octanol–water partition coefficient (Wildman–Crippen LogP) is 6.05. The molecule has 0 spiro atoms. The summed E-state index contributed by atoms with van der Waals surface area (Å²) in [6, 6.07) is 21.9. The van der Waals surface area contributed by atoms with Gasteiger partial charge in [-0.05, 0) is 30.2 Å². The number of hydrogen-bond donors (Lipinski definition) is 1. The Morgan fingerprint density at radius 1 is 1.16 bits per heavy atom. The van der Waals surface area contributed by atoms with E-state index < -0.39 is 16.9 Å². The second-order valence-corrected chi connectivity index (χ2v) is 10.9. The van der Waals surface area contributed by atoms with Gasteiger partial charge < -0.3 is 5.11 Å². The van der Waals surface area contributed by atoms with Crippen LogP contribution < -0.4 is 0 Å². The normalized spacial score (nSPS) is 12.8. The molecule has 3 rings (SSSR count). The first-order valence-corrected chi connectivity index (χ1v) is 13.7. The molecular weight excluding hydrogens is 504 g/mol. The van der Waals surface area contributed by atoms with Crippen molar-refractivity contribution in [3.8, 4) is 28.5 Å². The maximum Gasteiger partial charge on any atom is 0.115 e. The topological polar surface area (TPSA) is 74.0 Å². The number of unbranched alkanes of at least 4 members (excludes halogenated alkanes) is 1. The van der Waals surface area contributed by atoms with Crippen molar-refractivity contribution in [2.45, 2.75) is 30.9 Å². The van der Waals surface area contributed by atoms with Crippen LogP contribution >= 0.6 is 27.7 Å². The Bertz CT molecular complexity index is 1100. The number of aliphatic hydroxyl groups is 1. The molecular formula is C25H25BrN2O2S2. The molecule has 3 aromatic rings. The largest absolute Gasteiger partial charge is 0.391 e. The summed E-state index contributed by atoms with van der Waals surface area (Å²) in [5.74, 6) is 1.18. The Kier molecular flexibility index (Phi) is 9.49. The number of benzene rings is 2. The molecule has 2 atom stereocenters. The van der Waals surface area contributed by atoms with Crippen LogP contribution in [-0.4, -0.2) is 37.7 Å². The third kappa shape index (κ3) is 6.76. The number of nitrogens with zero attached hydrogens (tertiary/aromatic N) is 2. The minimum absolute atomic E-state index is 0.243. The lowest BCUT2D eigenvalue weighted by Crippen LogP contribution is -2.21. The maximum atomic E-state index is 12.1. The smallest absolute Gasteiger partial charge is 0.115 e. The number of hydrogen-bond acceptors (Lipinski definition) is 5. The molecule has 0 bridgehead atoms. The van der Waals surface area contributed by atoms with Gasteiger partial charge in [0.2, 0.25) is 0 Å². The minimum atomic E-state index is -1.04. The van der Waals surface area contributed by atoms with Crippen molar-refractivity contribution in [2.24, 2.45) is 0 Å². The summed E-state index contributed by atoms with van der Waals surface area (Å²) in [7, 11) is -1.04. The minimum Gasteiger partial charge on any atom is -0.391 e. The van der Waals surface area contributed by atoms with Crippen molar-refractivity contribution in [3.63, 3.8) is 0 Å². The zero-order valence-corrected chi connectivity index (χ0v) is 21.0. The molecule has 0 saturated carbocycles. The number of thioether (sulfide) groups is 1. The van der Waals surface area contributed by atoms with E-state index in [1.165, 1.54) is 11.8 Å². The Morgan fingerprint density at radius 2 is 1.88 bits per heavy atom. The Balaban J connectivity index is 1.93. The van der Waals surface area contributed by atoms with E-state index in [2.05, 4.69) is 28.9 Å². The van der Waals surface area contributed by atoms with Crippen LogP contribution in [0.25, 0.3) is 22.4 Å². The van der Waals surface area contributed by atoms with Gasteiger partial charge in [-0.15, -0.1) is 11.8 Å². The van der Waals surface area contributed by atoms with E-state index in [1.54, 1.807) is 0 Å². The van der Waals surface area contributed by atoms with Gasteiger partial charge in [0.25, 0.3) is 0 Å². The zero-order chi connectivity index (χ0) is 22.9. The highest BCUT2D eigenvalue weighted by molar-refractivity contribution is 9.10. The van der Waals surface area contributed by atoms with E-state index >= 15 is 0 Å². The quantitative estimate of drug-likeness (QED) is 0.324. The summed E-state index contributed by atoms with van der Waals surface area (Å²) in [5, 5.41) is 20.9. The molecule has 4 nitrogen and oxygen atoms in total. The molecule has 0 amide bonds. The van der Waals surface area contributed by atoms with Gasteiger partial charge >= 0.3 is 0 Å². The van der Waals surface area contributed by atoms with Crippen molar-refractivity contribution in [1.82, 2.24) is 4.98 Å². The SMILES string of the molecule is CCCC[S@@](=O)C[C@@H](O)CSc1nc(-c2ccc(Br)cc2)cc(-c2ccccc2)c1C#N. The van der Waals surface area contributed by atoms with Crippen LogP contribution in [0, 0.1) is 11.3 Å². The molecule has 1 heterocycles. The van der Waals surface area contributed by atoms with Gasteiger partial charge in [-0.3, -0.25) is 4.21 Å². The number of pyridine rings is 1. The van der Waals surface area contributed by atoms with Crippen molar-refractivity contribution in [2.75, 3.05) is 17.3 Å². The Hall–Kier alpha value is -1.98. The van der Waals surface area contributed by atoms with Gasteiger partial charge in [-0.1, -0.05) is 71.7 Å². The van der Waals surface area contributed by atoms with Crippen molar-refractivity contribution in [1.29, 1.82) is 5.26 Å². The van der Waals surface area contributed by atoms with Crippen LogP contribution in [0.3, 0.4) is 0 Å². The number of rotatable bonds is 10. The van der Waals surface area contributed by atoms with Gasteiger partial charge in [0.05, 0.1) is 23.1 Å². The lowest BCUT2D eigenvalue weighted by atomic mass is 9.99. The lowest BCUT2D eigenvalue weighted by molar-refractivity contribution is 0.224. The van der Waals surface area contributed by atoms with Crippen molar-refractivity contribution in [3.05, 3.63) is 70.7 Å². The standard InChI is InChI=1S/C25H25BrN2O2S2/c1-2-3-13-32(30)17-21(29)16-31-25-23(15-27)22(18-7-5-4-6-8-18)14-24(28-25)19-9-11-20(26)12-10-19/h4-12,14,21,29H,2-3,13,16-17H2,1H3/t21-,32+/m0/s1. The number of aromatic nitrogens is 1. The number of aliphatic hydroxyl groups excluding tert-OH is 1. The molecule has 0 aliphatic rings. The molecule has 1 aromatic heterocycles. The Morgan fingerprint density at radius 3 is 2.53 bits per heavy atom. The third-order valence-electron chi connectivity index (χ3n) is 4.84. The lowest BCUT2D eigenvalue weighted by Gasteiger charge is -2.14. The van der Waals surface area contributed by atoms with Crippen molar-refractivity contribution < 1.29 is 9.32 Å². The molecule has 1 N–H and O–H groups in total. The van der Waals surface area contributed by atoms with Gasteiger partial charge in [-0.25, -0.2) is 4.98 Å². The van der Waals surface area contributed by atoms with Gasteiger partial charge in [0.15, 0.2) is 0 Å². The number of halogens is 1. The summed E-state index contributed by atoms with van der Waals surface area (Å²) in [6.45, 7) is 2.06. The summed E-state index contributed by atoms with van der Waals surface area (Å²) >= 11 is 4.80. The summed E-state index contributed by atoms with van der Waals surface area (Å²) in [4.78, 5) is 4.77. The molecule has 0 aliphatic carbocycles. The molecule has 2 aromatic carbocycles. The van der Waals surface area contributed by atoms with Crippen molar-refractivity contribution >= 4 is 38.5 Å².